The van der Waals surface area contributed by atoms with E-state index in [1.165, 1.54) is 0 Å². The fraction of sp³-hybridized carbons (Fsp3) is 0.923. The highest BCUT2D eigenvalue weighted by Gasteiger charge is 2.32. The molecular formula is C13H26N2O2. The molecule has 0 aromatic heterocycles. The lowest BCUT2D eigenvalue weighted by molar-refractivity contribution is -0.122. The van der Waals surface area contributed by atoms with Gasteiger partial charge >= 0.3 is 0 Å². The highest BCUT2D eigenvalue weighted by atomic mass is 16.3. The van der Waals surface area contributed by atoms with Gasteiger partial charge in [0.2, 0.25) is 5.91 Å². The first-order chi connectivity index (χ1) is 7.91. The topological polar surface area (TPSA) is 52.6 Å². The molecule has 17 heavy (non-hydrogen) atoms. The molecule has 1 aliphatic carbocycles. The van der Waals surface area contributed by atoms with Crippen LogP contribution in [0.1, 0.15) is 39.5 Å². The summed E-state index contributed by atoms with van der Waals surface area (Å²) in [6.45, 7) is 5.84. The Morgan fingerprint density at radius 1 is 1.41 bits per heavy atom. The van der Waals surface area contributed by atoms with E-state index in [4.69, 9.17) is 0 Å². The van der Waals surface area contributed by atoms with Crippen LogP contribution in [0.15, 0.2) is 0 Å². The molecule has 4 nitrogen and oxygen atoms in total. The summed E-state index contributed by atoms with van der Waals surface area (Å²) in [7, 11) is 1.89. The summed E-state index contributed by atoms with van der Waals surface area (Å²) in [5.74, 6) is 0.520. The Balaban J connectivity index is 2.24. The van der Waals surface area contributed by atoms with Gasteiger partial charge in [-0.2, -0.15) is 0 Å². The number of rotatable bonds is 6. The third kappa shape index (κ3) is 5.50. The lowest BCUT2D eigenvalue weighted by Gasteiger charge is -2.28. The molecule has 0 aromatic carbocycles. The van der Waals surface area contributed by atoms with E-state index >= 15 is 0 Å². The number of hydrogen-bond donors (Lipinski definition) is 2. The van der Waals surface area contributed by atoms with Gasteiger partial charge in [-0.1, -0.05) is 26.7 Å². The molecule has 1 saturated carbocycles. The highest BCUT2D eigenvalue weighted by molar-refractivity contribution is 5.77. The van der Waals surface area contributed by atoms with Crippen molar-refractivity contribution in [3.63, 3.8) is 0 Å². The first-order valence-electron chi connectivity index (χ1n) is 6.59. The number of nitrogens with one attached hydrogen (secondary N) is 1. The Bertz CT molecular complexity index is 248. The van der Waals surface area contributed by atoms with Gasteiger partial charge in [0.15, 0.2) is 0 Å². The number of carbonyl (C=O) groups is 1. The van der Waals surface area contributed by atoms with E-state index in [9.17, 15) is 9.90 Å². The van der Waals surface area contributed by atoms with Crippen LogP contribution in [-0.4, -0.2) is 48.2 Å². The summed E-state index contributed by atoms with van der Waals surface area (Å²) in [5.41, 5.74) is -0.562. The zero-order chi connectivity index (χ0) is 12.9. The van der Waals surface area contributed by atoms with Gasteiger partial charge in [-0.25, -0.2) is 0 Å². The van der Waals surface area contributed by atoms with Crippen molar-refractivity contribution in [3.8, 4) is 0 Å². The van der Waals surface area contributed by atoms with Crippen molar-refractivity contribution in [2.45, 2.75) is 45.1 Å². The van der Waals surface area contributed by atoms with Crippen LogP contribution in [0.3, 0.4) is 0 Å². The zero-order valence-corrected chi connectivity index (χ0v) is 11.3. The van der Waals surface area contributed by atoms with E-state index < -0.39 is 5.60 Å². The Morgan fingerprint density at radius 2 is 2.00 bits per heavy atom. The lowest BCUT2D eigenvalue weighted by atomic mass is 10.0. The molecule has 0 bridgehead atoms. The molecule has 0 aromatic rings. The normalized spacial score (nSPS) is 18.9. The molecule has 4 heteroatoms. The first kappa shape index (κ1) is 14.5. The maximum Gasteiger partial charge on any atom is 0.234 e. The van der Waals surface area contributed by atoms with Crippen molar-refractivity contribution in [2.75, 3.05) is 26.7 Å². The first-order valence-corrected chi connectivity index (χ1v) is 6.59. The number of likely N-dealkylation sites (N-methyl/N-ethyl adjacent to an activating group) is 1. The van der Waals surface area contributed by atoms with E-state index in [2.05, 4.69) is 19.2 Å². The average molecular weight is 242 g/mol. The molecule has 1 amide bonds. The van der Waals surface area contributed by atoms with E-state index in [1.807, 2.05) is 11.9 Å². The van der Waals surface area contributed by atoms with Crippen LogP contribution in [-0.2, 0) is 4.79 Å². The largest absolute Gasteiger partial charge is 0.389 e. The second-order valence-electron chi connectivity index (χ2n) is 5.80. The summed E-state index contributed by atoms with van der Waals surface area (Å²) in [4.78, 5) is 13.5. The van der Waals surface area contributed by atoms with Crippen LogP contribution in [0, 0.1) is 5.92 Å². The van der Waals surface area contributed by atoms with Crippen LogP contribution in [0.4, 0.5) is 0 Å². The molecule has 1 aliphatic rings. The molecule has 1 fully saturated rings. The van der Waals surface area contributed by atoms with Gasteiger partial charge in [-0.15, -0.1) is 0 Å². The lowest BCUT2D eigenvalue weighted by Crippen LogP contribution is -2.44. The highest BCUT2D eigenvalue weighted by Crippen LogP contribution is 2.29. The second kappa shape index (κ2) is 6.36. The van der Waals surface area contributed by atoms with E-state index in [0.29, 0.717) is 19.0 Å². The third-order valence-electron chi connectivity index (χ3n) is 3.22. The van der Waals surface area contributed by atoms with E-state index in [1.54, 1.807) is 0 Å². The summed E-state index contributed by atoms with van der Waals surface area (Å²) in [6.07, 6.45) is 3.93. The van der Waals surface area contributed by atoms with Crippen LogP contribution >= 0.6 is 0 Å². The maximum absolute atomic E-state index is 11.6. The van der Waals surface area contributed by atoms with Crippen LogP contribution in [0.2, 0.25) is 0 Å². The van der Waals surface area contributed by atoms with Crippen molar-refractivity contribution in [1.82, 2.24) is 10.2 Å². The van der Waals surface area contributed by atoms with Crippen molar-refractivity contribution in [2.24, 2.45) is 5.92 Å². The Hall–Kier alpha value is -0.610. The molecule has 1 rings (SSSR count). The van der Waals surface area contributed by atoms with Crippen LogP contribution in [0.5, 0.6) is 0 Å². The number of hydrogen-bond acceptors (Lipinski definition) is 3. The van der Waals surface area contributed by atoms with Crippen molar-refractivity contribution < 1.29 is 9.90 Å². The van der Waals surface area contributed by atoms with E-state index in [-0.39, 0.29) is 5.91 Å². The molecule has 2 N–H and O–H groups in total. The quantitative estimate of drug-likeness (QED) is 0.730. The fourth-order valence-electron chi connectivity index (χ4n) is 2.37. The zero-order valence-electron chi connectivity index (χ0n) is 11.3. The minimum absolute atomic E-state index is 0.0443. The predicted octanol–water partition coefficient (Wildman–Crippen LogP) is 0.995. The summed E-state index contributed by atoms with van der Waals surface area (Å²) >= 11 is 0. The van der Waals surface area contributed by atoms with Crippen molar-refractivity contribution in [3.05, 3.63) is 0 Å². The number of nitrogens with zero attached hydrogens (tertiary/aromatic N) is 1. The van der Waals surface area contributed by atoms with Gasteiger partial charge in [0.05, 0.1) is 12.1 Å². The average Bonchev–Trinajstić information content (AvgIpc) is 2.61. The maximum atomic E-state index is 11.6. The molecule has 0 radical (unpaired) electrons. The molecule has 0 saturated heterocycles. The minimum Gasteiger partial charge on any atom is -0.389 e. The summed E-state index contributed by atoms with van der Waals surface area (Å²) in [6, 6.07) is 0. The molecule has 100 valence electrons. The molecule has 0 heterocycles. The molecule has 0 spiro atoms. The van der Waals surface area contributed by atoms with Crippen molar-refractivity contribution in [1.29, 1.82) is 0 Å². The monoisotopic (exact) mass is 242 g/mol. The minimum atomic E-state index is -0.562. The molecular weight excluding hydrogens is 216 g/mol. The van der Waals surface area contributed by atoms with Gasteiger partial charge in [0.25, 0.3) is 0 Å². The predicted molar refractivity (Wildman–Crippen MR) is 68.8 cm³/mol. The van der Waals surface area contributed by atoms with Gasteiger partial charge < -0.3 is 10.4 Å². The van der Waals surface area contributed by atoms with Gasteiger partial charge in [-0.3, -0.25) is 9.69 Å². The Labute approximate surface area is 104 Å². The van der Waals surface area contributed by atoms with Gasteiger partial charge in [0, 0.05) is 13.1 Å². The van der Waals surface area contributed by atoms with E-state index in [0.717, 1.165) is 32.2 Å². The Morgan fingerprint density at radius 3 is 2.53 bits per heavy atom. The smallest absolute Gasteiger partial charge is 0.234 e. The number of amides is 1. The molecule has 0 aliphatic heterocycles. The van der Waals surface area contributed by atoms with Crippen LogP contribution < -0.4 is 5.32 Å². The third-order valence-corrected chi connectivity index (χ3v) is 3.22. The summed E-state index contributed by atoms with van der Waals surface area (Å²) < 4.78 is 0. The molecule has 0 unspecified atom stereocenters. The number of carbonyl (C=O) groups excluding carboxylic acids is 1. The van der Waals surface area contributed by atoms with Gasteiger partial charge in [-0.05, 0) is 25.8 Å². The van der Waals surface area contributed by atoms with Gasteiger partial charge in [0.1, 0.15) is 0 Å². The summed E-state index contributed by atoms with van der Waals surface area (Å²) in [5, 5.41) is 13.1. The Kier molecular flexibility index (Phi) is 5.40. The fourth-order valence-corrected chi connectivity index (χ4v) is 2.37. The standard InChI is InChI=1S/C13H26N2O2/c1-11(2)8-14-12(16)9-15(3)10-13(17)6-4-5-7-13/h11,17H,4-10H2,1-3H3,(H,14,16). The SMILES string of the molecule is CC(C)CNC(=O)CN(C)CC1(O)CCCC1. The molecule has 0 atom stereocenters. The van der Waals surface area contributed by atoms with Crippen LogP contribution in [0.25, 0.3) is 0 Å². The number of aliphatic hydroxyl groups is 1. The second-order valence-corrected chi connectivity index (χ2v) is 5.80. The van der Waals surface area contributed by atoms with Crippen molar-refractivity contribution >= 4 is 5.91 Å².